The summed E-state index contributed by atoms with van der Waals surface area (Å²) in [5, 5.41) is 3.39. The highest BCUT2D eigenvalue weighted by atomic mass is 15.2. The second-order valence-electron chi connectivity index (χ2n) is 4.72. The van der Waals surface area contributed by atoms with Gasteiger partial charge in [0.1, 0.15) is 0 Å². The van der Waals surface area contributed by atoms with Crippen LogP contribution in [0.25, 0.3) is 0 Å². The first-order chi connectivity index (χ1) is 7.84. The van der Waals surface area contributed by atoms with Crippen LogP contribution in [0.5, 0.6) is 0 Å². The zero-order valence-corrected chi connectivity index (χ0v) is 9.87. The predicted octanol–water partition coefficient (Wildman–Crippen LogP) is 1.09. The molecule has 1 N–H and O–H groups in total. The number of anilines is 2. The smallest absolute Gasteiger partial charge is 0.0417 e. The van der Waals surface area contributed by atoms with E-state index in [1.54, 1.807) is 0 Å². The van der Waals surface area contributed by atoms with Gasteiger partial charge in [-0.1, -0.05) is 6.07 Å². The molecule has 3 nitrogen and oxygen atoms in total. The Hall–Kier alpha value is -1.22. The Labute approximate surface area is 97.0 Å². The molecule has 2 aliphatic heterocycles. The molecule has 86 valence electrons. The van der Waals surface area contributed by atoms with E-state index >= 15 is 0 Å². The number of likely N-dealkylation sites (N-methyl/N-ethyl adjacent to an activating group) is 1. The molecule has 0 saturated carbocycles. The summed E-state index contributed by atoms with van der Waals surface area (Å²) >= 11 is 0. The Morgan fingerprint density at radius 1 is 1.12 bits per heavy atom. The van der Waals surface area contributed by atoms with Crippen molar-refractivity contribution in [1.29, 1.82) is 0 Å². The maximum atomic E-state index is 3.39. The molecule has 2 aliphatic rings. The molecule has 0 aromatic heterocycles. The van der Waals surface area contributed by atoms with E-state index < -0.39 is 0 Å². The SMILES string of the molecule is CN1CCc2ccc(N3CCNCC3)cc21. The van der Waals surface area contributed by atoms with Crippen LogP contribution in [0.4, 0.5) is 11.4 Å². The quantitative estimate of drug-likeness (QED) is 0.759. The molecular weight excluding hydrogens is 198 g/mol. The minimum atomic E-state index is 1.10. The Kier molecular flexibility index (Phi) is 2.48. The minimum Gasteiger partial charge on any atom is -0.374 e. The van der Waals surface area contributed by atoms with E-state index in [2.05, 4.69) is 40.4 Å². The molecule has 0 atom stereocenters. The third kappa shape index (κ3) is 1.65. The molecule has 0 unspecified atom stereocenters. The van der Waals surface area contributed by atoms with E-state index in [1.807, 2.05) is 0 Å². The second-order valence-corrected chi connectivity index (χ2v) is 4.72. The zero-order valence-electron chi connectivity index (χ0n) is 9.87. The molecule has 0 aliphatic carbocycles. The fourth-order valence-corrected chi connectivity index (χ4v) is 2.65. The number of hydrogen-bond donors (Lipinski definition) is 1. The predicted molar refractivity (Wildman–Crippen MR) is 68.5 cm³/mol. The molecule has 0 radical (unpaired) electrons. The van der Waals surface area contributed by atoms with E-state index in [-0.39, 0.29) is 0 Å². The van der Waals surface area contributed by atoms with Gasteiger partial charge in [0, 0.05) is 51.1 Å². The first-order valence-electron chi connectivity index (χ1n) is 6.14. The Balaban J connectivity index is 1.88. The number of hydrogen-bond acceptors (Lipinski definition) is 3. The lowest BCUT2D eigenvalue weighted by Gasteiger charge is -2.30. The molecule has 3 rings (SSSR count). The number of rotatable bonds is 1. The summed E-state index contributed by atoms with van der Waals surface area (Å²) in [6.45, 7) is 5.63. The average molecular weight is 217 g/mol. The van der Waals surface area contributed by atoms with Crippen molar-refractivity contribution in [2.45, 2.75) is 6.42 Å². The van der Waals surface area contributed by atoms with Crippen molar-refractivity contribution < 1.29 is 0 Å². The Morgan fingerprint density at radius 3 is 2.75 bits per heavy atom. The monoisotopic (exact) mass is 217 g/mol. The van der Waals surface area contributed by atoms with Gasteiger partial charge in [-0.2, -0.15) is 0 Å². The van der Waals surface area contributed by atoms with E-state index in [0.717, 1.165) is 26.2 Å². The molecule has 2 heterocycles. The molecule has 1 fully saturated rings. The zero-order chi connectivity index (χ0) is 11.0. The first-order valence-corrected chi connectivity index (χ1v) is 6.14. The summed E-state index contributed by atoms with van der Waals surface area (Å²) in [5.74, 6) is 0. The molecule has 0 amide bonds. The number of benzene rings is 1. The van der Waals surface area contributed by atoms with Gasteiger partial charge in [-0.25, -0.2) is 0 Å². The van der Waals surface area contributed by atoms with Gasteiger partial charge in [0.15, 0.2) is 0 Å². The number of nitrogens with one attached hydrogen (secondary N) is 1. The molecule has 1 aromatic rings. The fourth-order valence-electron chi connectivity index (χ4n) is 2.65. The molecule has 16 heavy (non-hydrogen) atoms. The summed E-state index contributed by atoms with van der Waals surface area (Å²) in [7, 11) is 2.19. The van der Waals surface area contributed by atoms with Crippen molar-refractivity contribution in [2.24, 2.45) is 0 Å². The van der Waals surface area contributed by atoms with Crippen LogP contribution in [0.1, 0.15) is 5.56 Å². The highest BCUT2D eigenvalue weighted by Crippen LogP contribution is 2.31. The van der Waals surface area contributed by atoms with E-state index in [9.17, 15) is 0 Å². The lowest BCUT2D eigenvalue weighted by Crippen LogP contribution is -2.43. The van der Waals surface area contributed by atoms with Crippen LogP contribution >= 0.6 is 0 Å². The Bertz CT molecular complexity index is 383. The van der Waals surface area contributed by atoms with Gasteiger partial charge in [0.05, 0.1) is 0 Å². The van der Waals surface area contributed by atoms with E-state index in [0.29, 0.717) is 0 Å². The van der Waals surface area contributed by atoms with Crippen molar-refractivity contribution in [3.8, 4) is 0 Å². The molecule has 0 spiro atoms. The van der Waals surface area contributed by atoms with E-state index in [4.69, 9.17) is 0 Å². The first kappa shape index (κ1) is 9.97. The molecule has 0 bridgehead atoms. The normalized spacial score (nSPS) is 20.1. The third-order valence-corrected chi connectivity index (χ3v) is 3.68. The van der Waals surface area contributed by atoms with Gasteiger partial charge >= 0.3 is 0 Å². The van der Waals surface area contributed by atoms with Crippen LogP contribution in [0.3, 0.4) is 0 Å². The summed E-state index contributed by atoms with van der Waals surface area (Å²) in [5.41, 5.74) is 4.31. The highest BCUT2D eigenvalue weighted by molar-refractivity contribution is 5.66. The van der Waals surface area contributed by atoms with Crippen molar-refractivity contribution >= 4 is 11.4 Å². The maximum Gasteiger partial charge on any atom is 0.0417 e. The van der Waals surface area contributed by atoms with E-state index in [1.165, 1.54) is 29.9 Å². The summed E-state index contributed by atoms with van der Waals surface area (Å²) in [6.07, 6.45) is 1.20. The molecule has 1 aromatic carbocycles. The van der Waals surface area contributed by atoms with Crippen molar-refractivity contribution in [1.82, 2.24) is 5.32 Å². The average Bonchev–Trinajstić information content (AvgIpc) is 2.72. The number of fused-ring (bicyclic) bond motifs is 1. The van der Waals surface area contributed by atoms with Crippen LogP contribution in [0.15, 0.2) is 18.2 Å². The van der Waals surface area contributed by atoms with Crippen molar-refractivity contribution in [3.05, 3.63) is 23.8 Å². The topological polar surface area (TPSA) is 18.5 Å². The largest absolute Gasteiger partial charge is 0.374 e. The second kappa shape index (κ2) is 3.98. The number of nitrogens with zero attached hydrogens (tertiary/aromatic N) is 2. The minimum absolute atomic E-state index is 1.10. The van der Waals surface area contributed by atoms with Crippen LogP contribution in [0.2, 0.25) is 0 Å². The maximum absolute atomic E-state index is 3.39. The third-order valence-electron chi connectivity index (χ3n) is 3.68. The van der Waals surface area contributed by atoms with Crippen LogP contribution < -0.4 is 15.1 Å². The molecule has 3 heteroatoms. The van der Waals surface area contributed by atoms with Gasteiger partial charge in [-0.3, -0.25) is 0 Å². The summed E-state index contributed by atoms with van der Waals surface area (Å²) < 4.78 is 0. The fraction of sp³-hybridized carbons (Fsp3) is 0.538. The number of piperazine rings is 1. The van der Waals surface area contributed by atoms with Crippen molar-refractivity contribution in [2.75, 3.05) is 49.6 Å². The van der Waals surface area contributed by atoms with Crippen molar-refractivity contribution in [3.63, 3.8) is 0 Å². The summed E-state index contributed by atoms with van der Waals surface area (Å²) in [6, 6.07) is 6.94. The van der Waals surface area contributed by atoms with Crippen LogP contribution in [0, 0.1) is 0 Å². The van der Waals surface area contributed by atoms with Gasteiger partial charge in [-0.15, -0.1) is 0 Å². The highest BCUT2D eigenvalue weighted by Gasteiger charge is 2.18. The molecular formula is C13H19N3. The van der Waals surface area contributed by atoms with Gasteiger partial charge in [-0.05, 0) is 24.1 Å². The van der Waals surface area contributed by atoms with Crippen LogP contribution in [-0.4, -0.2) is 39.8 Å². The summed E-state index contributed by atoms with van der Waals surface area (Å²) in [4.78, 5) is 4.84. The molecule has 1 saturated heterocycles. The lowest BCUT2D eigenvalue weighted by molar-refractivity contribution is 0.589. The Morgan fingerprint density at radius 2 is 1.94 bits per heavy atom. The van der Waals surface area contributed by atoms with Gasteiger partial charge < -0.3 is 15.1 Å². The van der Waals surface area contributed by atoms with Gasteiger partial charge in [0.2, 0.25) is 0 Å². The van der Waals surface area contributed by atoms with Gasteiger partial charge in [0.25, 0.3) is 0 Å². The van der Waals surface area contributed by atoms with Crippen LogP contribution in [-0.2, 0) is 6.42 Å². The standard InChI is InChI=1S/C13H19N3/c1-15-7-4-11-2-3-12(10-13(11)15)16-8-5-14-6-9-16/h2-3,10,14H,4-9H2,1H3. The lowest BCUT2D eigenvalue weighted by atomic mass is 10.1.